The second-order valence-corrected chi connectivity index (χ2v) is 7.03. The molecule has 1 aliphatic heterocycles. The van der Waals surface area contributed by atoms with Crippen LogP contribution in [0, 0.1) is 12.8 Å². The normalized spacial score (nSPS) is 19.2. The van der Waals surface area contributed by atoms with Gasteiger partial charge < -0.3 is 5.32 Å². The van der Waals surface area contributed by atoms with Gasteiger partial charge in [0.2, 0.25) is 0 Å². The number of amidine groups is 1. The Morgan fingerprint density at radius 1 is 1.50 bits per heavy atom. The molecule has 0 radical (unpaired) electrons. The van der Waals surface area contributed by atoms with E-state index in [4.69, 9.17) is 11.6 Å². The van der Waals surface area contributed by atoms with E-state index in [-0.39, 0.29) is 0 Å². The number of nitrogens with one attached hydrogen (secondary N) is 1. The van der Waals surface area contributed by atoms with Gasteiger partial charge in [-0.15, -0.1) is 0 Å². The second kappa shape index (κ2) is 5.85. The van der Waals surface area contributed by atoms with Crippen molar-refractivity contribution < 1.29 is 0 Å². The summed E-state index contributed by atoms with van der Waals surface area (Å²) in [5, 5.41) is 5.09. The van der Waals surface area contributed by atoms with Crippen LogP contribution in [-0.2, 0) is 0 Å². The molecule has 1 aliphatic rings. The van der Waals surface area contributed by atoms with Gasteiger partial charge in [-0.25, -0.2) is 0 Å². The molecule has 0 amide bonds. The van der Waals surface area contributed by atoms with Gasteiger partial charge in [-0.05, 0) is 46.5 Å². The van der Waals surface area contributed by atoms with Gasteiger partial charge in [0.25, 0.3) is 0 Å². The molecule has 1 heterocycles. The number of rotatable bonds is 2. The molecule has 1 atom stereocenters. The fourth-order valence-corrected chi connectivity index (χ4v) is 3.56. The molecule has 1 unspecified atom stereocenters. The minimum Gasteiger partial charge on any atom is -0.334 e. The third kappa shape index (κ3) is 3.22. The number of thioether (sulfide) groups is 1. The highest BCUT2D eigenvalue weighted by atomic mass is 79.9. The Labute approximate surface area is 126 Å². The van der Waals surface area contributed by atoms with E-state index in [1.54, 1.807) is 11.8 Å². The van der Waals surface area contributed by atoms with Crippen LogP contribution in [0.5, 0.6) is 0 Å². The predicted molar refractivity (Wildman–Crippen MR) is 86.0 cm³/mol. The number of anilines is 1. The van der Waals surface area contributed by atoms with Crippen LogP contribution in [0.3, 0.4) is 0 Å². The van der Waals surface area contributed by atoms with E-state index in [9.17, 15) is 0 Å². The largest absolute Gasteiger partial charge is 0.334 e. The first-order valence-electron chi connectivity index (χ1n) is 5.90. The van der Waals surface area contributed by atoms with Crippen LogP contribution in [-0.4, -0.2) is 17.0 Å². The summed E-state index contributed by atoms with van der Waals surface area (Å²) in [6, 6.07) is 4.37. The lowest BCUT2D eigenvalue weighted by atomic mass is 10.1. The molecular formula is C13H16BrClN2S. The quantitative estimate of drug-likeness (QED) is 0.818. The van der Waals surface area contributed by atoms with Crippen LogP contribution in [0.2, 0.25) is 5.02 Å². The van der Waals surface area contributed by atoms with Gasteiger partial charge in [0.05, 0.1) is 11.7 Å². The average molecular weight is 348 g/mol. The summed E-state index contributed by atoms with van der Waals surface area (Å²) in [6.07, 6.45) is 0. The SMILES string of the molecule is Cc1cc(Br)c(NC2=NC(C(C)C)CS2)cc1Cl. The Morgan fingerprint density at radius 3 is 2.83 bits per heavy atom. The molecule has 98 valence electrons. The topological polar surface area (TPSA) is 24.4 Å². The third-order valence-corrected chi connectivity index (χ3v) is 4.99. The highest BCUT2D eigenvalue weighted by Crippen LogP contribution is 2.31. The predicted octanol–water partition coefficient (Wildman–Crippen LogP) is 4.95. The molecule has 0 bridgehead atoms. The highest BCUT2D eigenvalue weighted by Gasteiger charge is 2.21. The number of aliphatic imine (C=N–C) groups is 1. The summed E-state index contributed by atoms with van der Waals surface area (Å²) in [5.74, 6) is 1.64. The molecule has 2 nitrogen and oxygen atoms in total. The van der Waals surface area contributed by atoms with E-state index in [0.717, 1.165) is 31.7 Å². The first-order valence-corrected chi connectivity index (χ1v) is 8.06. The van der Waals surface area contributed by atoms with Crippen molar-refractivity contribution in [3.8, 4) is 0 Å². The Balaban J connectivity index is 2.16. The molecule has 1 aromatic carbocycles. The highest BCUT2D eigenvalue weighted by molar-refractivity contribution is 9.10. The van der Waals surface area contributed by atoms with Crippen LogP contribution in [0.4, 0.5) is 5.69 Å². The first kappa shape index (κ1) is 14.2. The van der Waals surface area contributed by atoms with Gasteiger partial charge in [0, 0.05) is 15.2 Å². The van der Waals surface area contributed by atoms with Gasteiger partial charge in [0.15, 0.2) is 5.17 Å². The summed E-state index contributed by atoms with van der Waals surface area (Å²) in [5.41, 5.74) is 2.04. The Kier molecular flexibility index (Phi) is 4.62. The lowest BCUT2D eigenvalue weighted by Crippen LogP contribution is -2.12. The Bertz CT molecular complexity index is 488. The van der Waals surface area contributed by atoms with Crippen LogP contribution in [0.25, 0.3) is 0 Å². The number of nitrogens with zero attached hydrogens (tertiary/aromatic N) is 1. The molecule has 5 heteroatoms. The van der Waals surface area contributed by atoms with Gasteiger partial charge in [-0.2, -0.15) is 0 Å². The summed E-state index contributed by atoms with van der Waals surface area (Å²) in [7, 11) is 0. The minimum absolute atomic E-state index is 0.414. The van der Waals surface area contributed by atoms with Gasteiger partial charge in [0.1, 0.15) is 0 Å². The number of benzene rings is 1. The van der Waals surface area contributed by atoms with Crippen molar-refractivity contribution in [1.82, 2.24) is 0 Å². The zero-order chi connectivity index (χ0) is 13.3. The zero-order valence-electron chi connectivity index (χ0n) is 10.6. The number of halogens is 2. The maximum absolute atomic E-state index is 6.14. The fourth-order valence-electron chi connectivity index (χ4n) is 1.66. The van der Waals surface area contributed by atoms with Crippen molar-refractivity contribution in [2.45, 2.75) is 26.8 Å². The number of hydrogen-bond acceptors (Lipinski definition) is 3. The standard InChI is InChI=1S/C13H16BrClN2S/c1-7(2)12-6-18-13(17-12)16-11-5-10(15)8(3)4-9(11)14/h4-5,7,12H,6H2,1-3H3,(H,16,17). The van der Waals surface area contributed by atoms with E-state index in [0.29, 0.717) is 12.0 Å². The summed E-state index contributed by atoms with van der Waals surface area (Å²) < 4.78 is 1.01. The number of hydrogen-bond donors (Lipinski definition) is 1. The molecule has 0 saturated carbocycles. The summed E-state index contributed by atoms with van der Waals surface area (Å²) in [4.78, 5) is 4.68. The molecule has 2 rings (SSSR count). The fraction of sp³-hybridized carbons (Fsp3) is 0.462. The summed E-state index contributed by atoms with van der Waals surface area (Å²) in [6.45, 7) is 6.40. The van der Waals surface area contributed by atoms with Crippen molar-refractivity contribution in [1.29, 1.82) is 0 Å². The van der Waals surface area contributed by atoms with E-state index in [1.165, 1.54) is 0 Å². The number of aryl methyl sites for hydroxylation is 1. The van der Waals surface area contributed by atoms with Crippen molar-refractivity contribution in [3.05, 3.63) is 27.2 Å². The maximum atomic E-state index is 6.14. The van der Waals surface area contributed by atoms with Crippen molar-refractivity contribution in [2.24, 2.45) is 10.9 Å². The molecule has 0 aliphatic carbocycles. The zero-order valence-corrected chi connectivity index (χ0v) is 13.8. The van der Waals surface area contributed by atoms with Gasteiger partial charge >= 0.3 is 0 Å². The van der Waals surface area contributed by atoms with E-state index in [2.05, 4.69) is 40.1 Å². The van der Waals surface area contributed by atoms with Gasteiger partial charge in [-0.3, -0.25) is 4.99 Å². The third-order valence-electron chi connectivity index (χ3n) is 2.93. The lowest BCUT2D eigenvalue weighted by Gasteiger charge is -2.10. The monoisotopic (exact) mass is 346 g/mol. The maximum Gasteiger partial charge on any atom is 0.161 e. The van der Waals surface area contributed by atoms with Crippen LogP contribution in [0.15, 0.2) is 21.6 Å². The van der Waals surface area contributed by atoms with Crippen LogP contribution >= 0.6 is 39.3 Å². The Morgan fingerprint density at radius 2 is 2.22 bits per heavy atom. The van der Waals surface area contributed by atoms with Crippen LogP contribution in [0.1, 0.15) is 19.4 Å². The Hall–Kier alpha value is -0.190. The molecule has 0 aromatic heterocycles. The van der Waals surface area contributed by atoms with E-state index >= 15 is 0 Å². The van der Waals surface area contributed by atoms with Crippen molar-refractivity contribution in [3.63, 3.8) is 0 Å². The molecule has 18 heavy (non-hydrogen) atoms. The minimum atomic E-state index is 0.414. The van der Waals surface area contributed by atoms with Crippen molar-refractivity contribution >= 4 is 50.1 Å². The molecule has 0 fully saturated rings. The first-order chi connectivity index (χ1) is 8.47. The second-order valence-electron chi connectivity index (χ2n) is 4.76. The molecule has 1 aromatic rings. The smallest absolute Gasteiger partial charge is 0.161 e. The summed E-state index contributed by atoms with van der Waals surface area (Å²) >= 11 is 11.5. The van der Waals surface area contributed by atoms with Gasteiger partial charge in [-0.1, -0.05) is 37.2 Å². The molecule has 0 saturated heterocycles. The molecule has 0 spiro atoms. The van der Waals surface area contributed by atoms with E-state index in [1.807, 2.05) is 19.1 Å². The van der Waals surface area contributed by atoms with Crippen molar-refractivity contribution in [2.75, 3.05) is 11.1 Å². The lowest BCUT2D eigenvalue weighted by molar-refractivity contribution is 0.543. The van der Waals surface area contributed by atoms with Crippen LogP contribution < -0.4 is 5.32 Å². The average Bonchev–Trinajstić information content (AvgIpc) is 2.74. The molecular weight excluding hydrogens is 332 g/mol. The molecule has 1 N–H and O–H groups in total. The van der Waals surface area contributed by atoms with E-state index < -0.39 is 0 Å².